The van der Waals surface area contributed by atoms with E-state index in [2.05, 4.69) is 40.9 Å². The molecule has 0 atom stereocenters. The molecule has 1 heterocycles. The van der Waals surface area contributed by atoms with Crippen LogP contribution in [0, 0.1) is 12.3 Å². The third-order valence-electron chi connectivity index (χ3n) is 3.15. The van der Waals surface area contributed by atoms with Gasteiger partial charge < -0.3 is 9.88 Å². The van der Waals surface area contributed by atoms with Crippen LogP contribution < -0.4 is 5.32 Å². The van der Waals surface area contributed by atoms with Crippen LogP contribution in [0.5, 0.6) is 0 Å². The molecule has 1 aromatic heterocycles. The number of hydrogen-bond acceptors (Lipinski definition) is 2. The molecule has 1 N–H and O–H groups in total. The first-order valence-corrected chi connectivity index (χ1v) is 6.36. The third kappa shape index (κ3) is 2.39. The summed E-state index contributed by atoms with van der Waals surface area (Å²) in [7, 11) is 1.95. The predicted octanol–water partition coefficient (Wildman–Crippen LogP) is 1.99. The molecule has 3 heteroatoms. The molecule has 0 aliphatic heterocycles. The number of aromatic nitrogens is 2. The fourth-order valence-electron chi connectivity index (χ4n) is 2.14. The van der Waals surface area contributed by atoms with Crippen molar-refractivity contribution in [3.05, 3.63) is 29.6 Å². The van der Waals surface area contributed by atoms with E-state index in [4.69, 9.17) is 11.4 Å². The summed E-state index contributed by atoms with van der Waals surface area (Å²) in [5.41, 5.74) is 3.50. The van der Waals surface area contributed by atoms with Gasteiger partial charge in [-0.2, -0.15) is 0 Å². The van der Waals surface area contributed by atoms with Crippen LogP contribution in [0.1, 0.15) is 18.3 Å². The molecule has 0 saturated carbocycles. The minimum absolute atomic E-state index is 0.584. The Balaban J connectivity index is 2.48. The number of aryl methyl sites for hydroxylation is 1. The molecule has 94 valence electrons. The smallest absolute Gasteiger partial charge is 0.111 e. The van der Waals surface area contributed by atoms with Gasteiger partial charge >= 0.3 is 0 Å². The van der Waals surface area contributed by atoms with Gasteiger partial charge in [0.1, 0.15) is 5.82 Å². The lowest BCUT2D eigenvalue weighted by Gasteiger charge is -2.05. The van der Waals surface area contributed by atoms with Crippen LogP contribution in [0.25, 0.3) is 11.0 Å². The fraction of sp³-hybridized carbons (Fsp3) is 0.400. The normalized spacial score (nSPS) is 10.7. The number of likely N-dealkylation sites (N-methyl/N-ethyl adjacent to an activating group) is 1. The van der Waals surface area contributed by atoms with Crippen molar-refractivity contribution in [1.29, 1.82) is 0 Å². The Kier molecular flexibility index (Phi) is 4.01. The molecule has 2 rings (SSSR count). The highest BCUT2D eigenvalue weighted by Crippen LogP contribution is 2.18. The lowest BCUT2D eigenvalue weighted by molar-refractivity contribution is 0.709. The Bertz CT molecular complexity index is 575. The maximum atomic E-state index is 5.45. The van der Waals surface area contributed by atoms with E-state index in [1.54, 1.807) is 0 Å². The van der Waals surface area contributed by atoms with Crippen LogP contribution in [0.4, 0.5) is 0 Å². The SMILES string of the molecule is C#CCn1c(CCNC)nc2cc(CC)ccc21. The van der Waals surface area contributed by atoms with Gasteiger partial charge in [-0.05, 0) is 31.2 Å². The monoisotopic (exact) mass is 241 g/mol. The van der Waals surface area contributed by atoms with E-state index in [0.717, 1.165) is 36.2 Å². The maximum absolute atomic E-state index is 5.45. The quantitative estimate of drug-likeness (QED) is 0.811. The van der Waals surface area contributed by atoms with E-state index >= 15 is 0 Å². The average Bonchev–Trinajstić information content (AvgIpc) is 2.74. The molecule has 1 aromatic carbocycles. The summed E-state index contributed by atoms with van der Waals surface area (Å²) in [5.74, 6) is 3.77. The molecular weight excluding hydrogens is 222 g/mol. The highest BCUT2D eigenvalue weighted by atomic mass is 15.1. The van der Waals surface area contributed by atoms with Crippen LogP contribution >= 0.6 is 0 Å². The first kappa shape index (κ1) is 12.7. The second kappa shape index (κ2) is 5.70. The number of nitrogens with zero attached hydrogens (tertiary/aromatic N) is 2. The summed E-state index contributed by atoms with van der Waals surface area (Å²) in [5, 5.41) is 3.15. The van der Waals surface area contributed by atoms with Crippen molar-refractivity contribution in [2.75, 3.05) is 13.6 Å². The largest absolute Gasteiger partial charge is 0.319 e. The highest BCUT2D eigenvalue weighted by molar-refractivity contribution is 5.77. The summed E-state index contributed by atoms with van der Waals surface area (Å²) in [4.78, 5) is 4.70. The van der Waals surface area contributed by atoms with Crippen molar-refractivity contribution in [2.45, 2.75) is 26.3 Å². The zero-order chi connectivity index (χ0) is 13.0. The zero-order valence-corrected chi connectivity index (χ0v) is 11.0. The first-order chi connectivity index (χ1) is 8.80. The Morgan fingerprint density at radius 3 is 2.94 bits per heavy atom. The van der Waals surface area contributed by atoms with Gasteiger partial charge in [-0.25, -0.2) is 4.98 Å². The molecule has 0 aliphatic rings. The van der Waals surface area contributed by atoms with E-state index in [1.807, 2.05) is 7.05 Å². The predicted molar refractivity (Wildman–Crippen MR) is 75.6 cm³/mol. The van der Waals surface area contributed by atoms with Crippen molar-refractivity contribution in [3.63, 3.8) is 0 Å². The van der Waals surface area contributed by atoms with Gasteiger partial charge in [0.05, 0.1) is 17.6 Å². The number of imidazole rings is 1. The van der Waals surface area contributed by atoms with E-state index in [-0.39, 0.29) is 0 Å². The van der Waals surface area contributed by atoms with Crippen LogP contribution in [0.3, 0.4) is 0 Å². The van der Waals surface area contributed by atoms with Crippen molar-refractivity contribution in [2.24, 2.45) is 0 Å². The molecule has 0 bridgehead atoms. The molecule has 2 aromatic rings. The van der Waals surface area contributed by atoms with Crippen LogP contribution in [-0.4, -0.2) is 23.1 Å². The minimum atomic E-state index is 0.584. The van der Waals surface area contributed by atoms with E-state index in [9.17, 15) is 0 Å². The standard InChI is InChI=1S/C15H19N3/c1-4-10-18-14-7-6-12(5-2)11-13(14)17-15(18)8-9-16-3/h1,6-7,11,16H,5,8-10H2,2-3H3. The van der Waals surface area contributed by atoms with E-state index in [0.29, 0.717) is 6.54 Å². The Morgan fingerprint density at radius 2 is 2.28 bits per heavy atom. The molecule has 0 spiro atoms. The number of rotatable bonds is 5. The summed E-state index contributed by atoms with van der Waals surface area (Å²) >= 11 is 0. The Hall–Kier alpha value is -1.79. The summed E-state index contributed by atoms with van der Waals surface area (Å²) in [6.45, 7) is 3.65. The number of terminal acetylenes is 1. The molecule has 0 fully saturated rings. The van der Waals surface area contributed by atoms with E-state index < -0.39 is 0 Å². The number of fused-ring (bicyclic) bond motifs is 1. The van der Waals surface area contributed by atoms with Crippen molar-refractivity contribution >= 4 is 11.0 Å². The maximum Gasteiger partial charge on any atom is 0.111 e. The van der Waals surface area contributed by atoms with Crippen molar-refractivity contribution in [1.82, 2.24) is 14.9 Å². The van der Waals surface area contributed by atoms with Crippen LogP contribution in [0.2, 0.25) is 0 Å². The average molecular weight is 241 g/mol. The fourth-order valence-corrected chi connectivity index (χ4v) is 2.14. The molecule has 3 nitrogen and oxygen atoms in total. The van der Waals surface area contributed by atoms with Gasteiger partial charge in [-0.1, -0.05) is 18.9 Å². The van der Waals surface area contributed by atoms with Gasteiger partial charge in [0.25, 0.3) is 0 Å². The highest BCUT2D eigenvalue weighted by Gasteiger charge is 2.09. The number of nitrogens with one attached hydrogen (secondary N) is 1. The number of benzene rings is 1. The minimum Gasteiger partial charge on any atom is -0.319 e. The first-order valence-electron chi connectivity index (χ1n) is 6.36. The molecule has 0 aliphatic carbocycles. The molecule has 0 radical (unpaired) electrons. The second-order valence-electron chi connectivity index (χ2n) is 4.35. The molecule has 0 saturated heterocycles. The van der Waals surface area contributed by atoms with Crippen LogP contribution in [-0.2, 0) is 19.4 Å². The topological polar surface area (TPSA) is 29.9 Å². The third-order valence-corrected chi connectivity index (χ3v) is 3.15. The molecule has 0 unspecified atom stereocenters. The lowest BCUT2D eigenvalue weighted by atomic mass is 10.1. The van der Waals surface area contributed by atoms with E-state index in [1.165, 1.54) is 5.56 Å². The van der Waals surface area contributed by atoms with Gasteiger partial charge in [0.2, 0.25) is 0 Å². The zero-order valence-electron chi connectivity index (χ0n) is 11.0. The molecule has 0 amide bonds. The molecular formula is C15H19N3. The lowest BCUT2D eigenvalue weighted by Crippen LogP contribution is -2.14. The van der Waals surface area contributed by atoms with Gasteiger partial charge in [0.15, 0.2) is 0 Å². The van der Waals surface area contributed by atoms with Gasteiger partial charge in [-0.3, -0.25) is 0 Å². The molecule has 18 heavy (non-hydrogen) atoms. The Labute approximate surface area is 108 Å². The van der Waals surface area contributed by atoms with Crippen LogP contribution in [0.15, 0.2) is 18.2 Å². The Morgan fingerprint density at radius 1 is 1.44 bits per heavy atom. The van der Waals surface area contributed by atoms with Crippen molar-refractivity contribution in [3.8, 4) is 12.3 Å². The van der Waals surface area contributed by atoms with Gasteiger partial charge in [-0.15, -0.1) is 6.42 Å². The summed E-state index contributed by atoms with van der Waals surface area (Å²) in [6.07, 6.45) is 7.38. The number of hydrogen-bond donors (Lipinski definition) is 1. The van der Waals surface area contributed by atoms with Gasteiger partial charge in [0, 0.05) is 13.0 Å². The van der Waals surface area contributed by atoms with Crippen molar-refractivity contribution < 1.29 is 0 Å². The summed E-state index contributed by atoms with van der Waals surface area (Å²) < 4.78 is 2.13. The summed E-state index contributed by atoms with van der Waals surface area (Å²) in [6, 6.07) is 6.44. The second-order valence-corrected chi connectivity index (χ2v) is 4.35.